The van der Waals surface area contributed by atoms with Crippen LogP contribution in [0.1, 0.15) is 13.3 Å². The van der Waals surface area contributed by atoms with Crippen molar-refractivity contribution in [3.8, 4) is 0 Å². The minimum Gasteiger partial charge on any atom is -0.378 e. The summed E-state index contributed by atoms with van der Waals surface area (Å²) in [6.45, 7) is 4.47. The van der Waals surface area contributed by atoms with E-state index < -0.39 is 0 Å². The van der Waals surface area contributed by atoms with Crippen molar-refractivity contribution >= 4 is 5.91 Å². The van der Waals surface area contributed by atoms with Gasteiger partial charge in [-0.05, 0) is 13.3 Å². The minimum atomic E-state index is -0.0810. The van der Waals surface area contributed by atoms with E-state index in [9.17, 15) is 4.79 Å². The van der Waals surface area contributed by atoms with Crippen LogP contribution in [0.2, 0.25) is 0 Å². The zero-order valence-electron chi connectivity index (χ0n) is 9.20. The maximum absolute atomic E-state index is 11.3. The number of carbonyl (C=O) groups excluding carboxylic acids is 1. The molecule has 1 aliphatic heterocycles. The molecule has 1 saturated heterocycles. The van der Waals surface area contributed by atoms with Crippen molar-refractivity contribution in [1.82, 2.24) is 5.32 Å². The Balaban J connectivity index is 2.05. The highest BCUT2D eigenvalue weighted by molar-refractivity contribution is 5.77. The van der Waals surface area contributed by atoms with Crippen LogP contribution in [0.4, 0.5) is 0 Å². The van der Waals surface area contributed by atoms with Gasteiger partial charge in [0.1, 0.15) is 6.61 Å². The fourth-order valence-electron chi connectivity index (χ4n) is 1.59. The van der Waals surface area contributed by atoms with Crippen molar-refractivity contribution in [3.05, 3.63) is 0 Å². The summed E-state index contributed by atoms with van der Waals surface area (Å²) in [5, 5.41) is 2.83. The standard InChI is InChI=1S/C10H20N2O3/c1-8-9(2-4-15-8)6-12-10(13)7-14-5-3-11/h8-9H,2-7,11H2,1H3,(H,12,13). The predicted molar refractivity (Wildman–Crippen MR) is 56.4 cm³/mol. The maximum Gasteiger partial charge on any atom is 0.246 e. The monoisotopic (exact) mass is 216 g/mol. The Bertz CT molecular complexity index is 199. The van der Waals surface area contributed by atoms with E-state index in [2.05, 4.69) is 5.32 Å². The van der Waals surface area contributed by atoms with Crippen LogP contribution in [0.3, 0.4) is 0 Å². The third kappa shape index (κ3) is 4.59. The lowest BCUT2D eigenvalue weighted by molar-refractivity contribution is -0.125. The van der Waals surface area contributed by atoms with Gasteiger partial charge in [-0.25, -0.2) is 0 Å². The van der Waals surface area contributed by atoms with Crippen LogP contribution in [-0.4, -0.2) is 44.9 Å². The molecule has 1 rings (SSSR count). The highest BCUT2D eigenvalue weighted by atomic mass is 16.5. The van der Waals surface area contributed by atoms with Gasteiger partial charge in [0.2, 0.25) is 5.91 Å². The Morgan fingerprint density at radius 3 is 3.07 bits per heavy atom. The molecule has 15 heavy (non-hydrogen) atoms. The molecule has 0 spiro atoms. The average Bonchev–Trinajstić information content (AvgIpc) is 2.61. The minimum absolute atomic E-state index is 0.0810. The molecular formula is C10H20N2O3. The Hall–Kier alpha value is -0.650. The molecule has 0 radical (unpaired) electrons. The lowest BCUT2D eigenvalue weighted by Crippen LogP contribution is -2.34. The molecule has 0 aromatic rings. The normalized spacial score (nSPS) is 25.5. The molecule has 1 aliphatic rings. The Morgan fingerprint density at radius 2 is 2.47 bits per heavy atom. The zero-order valence-corrected chi connectivity index (χ0v) is 9.20. The summed E-state index contributed by atoms with van der Waals surface area (Å²) in [7, 11) is 0. The lowest BCUT2D eigenvalue weighted by atomic mass is 10.0. The number of carbonyl (C=O) groups is 1. The first kappa shape index (κ1) is 12.4. The molecule has 0 saturated carbocycles. The van der Waals surface area contributed by atoms with Crippen LogP contribution in [0.15, 0.2) is 0 Å². The van der Waals surface area contributed by atoms with E-state index in [-0.39, 0.29) is 18.6 Å². The van der Waals surface area contributed by atoms with Crippen LogP contribution in [0.25, 0.3) is 0 Å². The summed E-state index contributed by atoms with van der Waals surface area (Å²) in [4.78, 5) is 11.3. The van der Waals surface area contributed by atoms with E-state index in [1.165, 1.54) is 0 Å². The van der Waals surface area contributed by atoms with Gasteiger partial charge in [0, 0.05) is 25.6 Å². The molecule has 1 fully saturated rings. The van der Waals surface area contributed by atoms with Gasteiger partial charge in [-0.2, -0.15) is 0 Å². The van der Waals surface area contributed by atoms with Crippen molar-refractivity contribution in [3.63, 3.8) is 0 Å². The van der Waals surface area contributed by atoms with Crippen LogP contribution < -0.4 is 11.1 Å². The Labute approximate surface area is 90.3 Å². The molecule has 88 valence electrons. The van der Waals surface area contributed by atoms with E-state index in [0.717, 1.165) is 13.0 Å². The molecule has 0 aromatic carbocycles. The number of hydrogen-bond donors (Lipinski definition) is 2. The number of amides is 1. The fraction of sp³-hybridized carbons (Fsp3) is 0.900. The van der Waals surface area contributed by atoms with E-state index in [1.807, 2.05) is 6.92 Å². The number of nitrogens with two attached hydrogens (primary N) is 1. The van der Waals surface area contributed by atoms with Crippen molar-refractivity contribution in [1.29, 1.82) is 0 Å². The molecule has 2 atom stereocenters. The molecule has 0 bridgehead atoms. The van der Waals surface area contributed by atoms with Gasteiger partial charge in [0.05, 0.1) is 12.7 Å². The first-order valence-corrected chi connectivity index (χ1v) is 5.40. The van der Waals surface area contributed by atoms with E-state index in [4.69, 9.17) is 15.2 Å². The van der Waals surface area contributed by atoms with Crippen molar-refractivity contribution in [2.45, 2.75) is 19.4 Å². The number of ether oxygens (including phenoxy) is 2. The number of rotatable bonds is 6. The van der Waals surface area contributed by atoms with Crippen LogP contribution in [0.5, 0.6) is 0 Å². The Morgan fingerprint density at radius 1 is 1.67 bits per heavy atom. The second kappa shape index (κ2) is 6.76. The van der Waals surface area contributed by atoms with Gasteiger partial charge < -0.3 is 20.5 Å². The summed E-state index contributed by atoms with van der Waals surface area (Å²) >= 11 is 0. The molecule has 0 aliphatic carbocycles. The largest absolute Gasteiger partial charge is 0.378 e. The van der Waals surface area contributed by atoms with Crippen LogP contribution in [0, 0.1) is 5.92 Å². The van der Waals surface area contributed by atoms with Gasteiger partial charge >= 0.3 is 0 Å². The molecule has 5 nitrogen and oxygen atoms in total. The third-order valence-electron chi connectivity index (χ3n) is 2.59. The second-order valence-corrected chi connectivity index (χ2v) is 3.77. The van der Waals surface area contributed by atoms with Gasteiger partial charge in [-0.3, -0.25) is 4.79 Å². The SMILES string of the molecule is CC1OCCC1CNC(=O)COCCN. The van der Waals surface area contributed by atoms with Crippen molar-refractivity contribution < 1.29 is 14.3 Å². The predicted octanol–water partition coefficient (Wildman–Crippen LogP) is -0.497. The van der Waals surface area contributed by atoms with Crippen molar-refractivity contribution in [2.24, 2.45) is 11.7 Å². The summed E-state index contributed by atoms with van der Waals surface area (Å²) in [6, 6.07) is 0. The second-order valence-electron chi connectivity index (χ2n) is 3.77. The molecule has 0 aromatic heterocycles. The molecule has 2 unspecified atom stereocenters. The van der Waals surface area contributed by atoms with Crippen LogP contribution in [-0.2, 0) is 14.3 Å². The molecular weight excluding hydrogens is 196 g/mol. The van der Waals surface area contributed by atoms with Gasteiger partial charge in [0.15, 0.2) is 0 Å². The van der Waals surface area contributed by atoms with E-state index in [0.29, 0.717) is 25.6 Å². The molecule has 1 amide bonds. The highest BCUT2D eigenvalue weighted by Crippen LogP contribution is 2.18. The topological polar surface area (TPSA) is 73.6 Å². The zero-order chi connectivity index (χ0) is 11.1. The summed E-state index contributed by atoms with van der Waals surface area (Å²) in [6.07, 6.45) is 1.26. The first-order valence-electron chi connectivity index (χ1n) is 5.40. The summed E-state index contributed by atoms with van der Waals surface area (Å²) < 4.78 is 10.4. The molecule has 1 heterocycles. The average molecular weight is 216 g/mol. The van der Waals surface area contributed by atoms with Gasteiger partial charge in [-0.1, -0.05) is 0 Å². The molecule has 3 N–H and O–H groups in total. The van der Waals surface area contributed by atoms with Gasteiger partial charge in [-0.15, -0.1) is 0 Å². The smallest absolute Gasteiger partial charge is 0.246 e. The quantitative estimate of drug-likeness (QED) is 0.587. The van der Waals surface area contributed by atoms with Crippen molar-refractivity contribution in [2.75, 3.05) is 32.9 Å². The summed E-state index contributed by atoms with van der Waals surface area (Å²) in [5.41, 5.74) is 5.23. The third-order valence-corrected chi connectivity index (χ3v) is 2.59. The number of nitrogens with one attached hydrogen (secondary N) is 1. The number of hydrogen-bond acceptors (Lipinski definition) is 4. The van der Waals surface area contributed by atoms with E-state index in [1.54, 1.807) is 0 Å². The molecule has 5 heteroatoms. The Kier molecular flexibility index (Phi) is 5.60. The maximum atomic E-state index is 11.3. The fourth-order valence-corrected chi connectivity index (χ4v) is 1.59. The van der Waals surface area contributed by atoms with E-state index >= 15 is 0 Å². The highest BCUT2D eigenvalue weighted by Gasteiger charge is 2.24. The lowest BCUT2D eigenvalue weighted by Gasteiger charge is -2.14. The van der Waals surface area contributed by atoms with Gasteiger partial charge in [0.25, 0.3) is 0 Å². The summed E-state index contributed by atoms with van der Waals surface area (Å²) in [5.74, 6) is 0.353. The van der Waals surface area contributed by atoms with Crippen LogP contribution >= 0.6 is 0 Å². The first-order chi connectivity index (χ1) is 7.24.